The molecule has 5 heteroatoms. The zero-order chi connectivity index (χ0) is 19.3. The number of aryl methyl sites for hydroxylation is 2. The third kappa shape index (κ3) is 4.69. The highest BCUT2D eigenvalue weighted by Gasteiger charge is 2.12. The molecule has 0 spiro atoms. The molecule has 0 radical (unpaired) electrons. The number of anilines is 1. The van der Waals surface area contributed by atoms with E-state index in [1.807, 2.05) is 32.0 Å². The molecular formula is C21H27NO4. The van der Waals surface area contributed by atoms with Crippen LogP contribution in [0.3, 0.4) is 0 Å². The summed E-state index contributed by atoms with van der Waals surface area (Å²) in [5.41, 5.74) is 3.74. The van der Waals surface area contributed by atoms with Crippen LogP contribution in [0.5, 0.6) is 17.2 Å². The summed E-state index contributed by atoms with van der Waals surface area (Å²) in [6.45, 7) is 8.06. The summed E-state index contributed by atoms with van der Waals surface area (Å²) in [4.78, 5) is 12.3. The van der Waals surface area contributed by atoms with Gasteiger partial charge in [0.2, 0.25) is 0 Å². The fourth-order valence-corrected chi connectivity index (χ4v) is 2.58. The van der Waals surface area contributed by atoms with E-state index in [1.165, 1.54) is 5.56 Å². The smallest absolute Gasteiger partial charge is 0.262 e. The quantitative estimate of drug-likeness (QED) is 0.795. The van der Waals surface area contributed by atoms with Crippen LogP contribution in [0.1, 0.15) is 36.5 Å². The van der Waals surface area contributed by atoms with Gasteiger partial charge in [-0.25, -0.2) is 0 Å². The van der Waals surface area contributed by atoms with E-state index in [-0.39, 0.29) is 12.5 Å². The van der Waals surface area contributed by atoms with Crippen molar-refractivity contribution in [3.05, 3.63) is 47.0 Å². The first-order valence-electron chi connectivity index (χ1n) is 8.61. The van der Waals surface area contributed by atoms with Gasteiger partial charge in [0.25, 0.3) is 5.91 Å². The molecule has 0 fully saturated rings. The summed E-state index contributed by atoms with van der Waals surface area (Å²) in [5, 5.41) is 2.86. The summed E-state index contributed by atoms with van der Waals surface area (Å²) in [5.74, 6) is 2.10. The monoisotopic (exact) mass is 357 g/mol. The van der Waals surface area contributed by atoms with Gasteiger partial charge >= 0.3 is 0 Å². The Balaban J connectivity index is 2.07. The van der Waals surface area contributed by atoms with Gasteiger partial charge in [0.05, 0.1) is 14.2 Å². The zero-order valence-electron chi connectivity index (χ0n) is 16.3. The number of ether oxygens (including phenoxy) is 3. The molecule has 0 aliphatic heterocycles. The highest BCUT2D eigenvalue weighted by atomic mass is 16.5. The van der Waals surface area contributed by atoms with Crippen LogP contribution in [0.25, 0.3) is 0 Å². The van der Waals surface area contributed by atoms with E-state index in [2.05, 4.69) is 25.2 Å². The van der Waals surface area contributed by atoms with Crippen LogP contribution in [-0.4, -0.2) is 26.7 Å². The maximum atomic E-state index is 12.3. The Kier molecular flexibility index (Phi) is 6.50. The molecule has 0 bridgehead atoms. The van der Waals surface area contributed by atoms with Gasteiger partial charge in [-0.1, -0.05) is 26.0 Å². The van der Waals surface area contributed by atoms with Crippen LogP contribution in [0.15, 0.2) is 30.3 Å². The second-order valence-corrected chi connectivity index (χ2v) is 6.54. The van der Waals surface area contributed by atoms with Gasteiger partial charge in [0.15, 0.2) is 18.1 Å². The first-order valence-corrected chi connectivity index (χ1v) is 8.61. The molecular weight excluding hydrogens is 330 g/mol. The van der Waals surface area contributed by atoms with Crippen molar-refractivity contribution in [1.82, 2.24) is 0 Å². The van der Waals surface area contributed by atoms with Crippen molar-refractivity contribution >= 4 is 11.6 Å². The Bertz CT molecular complexity index is 784. The molecule has 5 nitrogen and oxygen atoms in total. The number of hydrogen-bond donors (Lipinski definition) is 1. The van der Waals surface area contributed by atoms with Crippen LogP contribution in [0.2, 0.25) is 0 Å². The van der Waals surface area contributed by atoms with Gasteiger partial charge in [-0.05, 0) is 48.6 Å². The first-order chi connectivity index (χ1) is 12.3. The van der Waals surface area contributed by atoms with Crippen molar-refractivity contribution in [2.45, 2.75) is 33.6 Å². The van der Waals surface area contributed by atoms with Gasteiger partial charge in [-0.2, -0.15) is 0 Å². The summed E-state index contributed by atoms with van der Waals surface area (Å²) in [7, 11) is 3.14. The molecule has 2 aromatic rings. The molecule has 2 rings (SSSR count). The van der Waals surface area contributed by atoms with Crippen LogP contribution < -0.4 is 19.5 Å². The lowest BCUT2D eigenvalue weighted by molar-refractivity contribution is -0.118. The number of methoxy groups -OCH3 is 2. The average Bonchev–Trinajstić information content (AvgIpc) is 2.62. The minimum absolute atomic E-state index is 0.0594. The summed E-state index contributed by atoms with van der Waals surface area (Å²) >= 11 is 0. The number of benzene rings is 2. The highest BCUT2D eigenvalue weighted by Crippen LogP contribution is 2.33. The van der Waals surface area contributed by atoms with Crippen LogP contribution in [0.4, 0.5) is 5.69 Å². The molecule has 1 N–H and O–H groups in total. The Morgan fingerprint density at radius 1 is 0.962 bits per heavy atom. The molecule has 2 aromatic carbocycles. The molecule has 0 saturated carbocycles. The van der Waals surface area contributed by atoms with Crippen molar-refractivity contribution in [2.24, 2.45) is 0 Å². The number of carbonyl (C=O) groups excluding carboxylic acids is 1. The van der Waals surface area contributed by atoms with Gasteiger partial charge < -0.3 is 19.5 Å². The molecule has 0 unspecified atom stereocenters. The van der Waals surface area contributed by atoms with Crippen molar-refractivity contribution in [3.8, 4) is 17.2 Å². The predicted molar refractivity (Wildman–Crippen MR) is 104 cm³/mol. The maximum Gasteiger partial charge on any atom is 0.262 e. The summed E-state index contributed by atoms with van der Waals surface area (Å²) in [6, 6.07) is 9.66. The van der Waals surface area contributed by atoms with Crippen molar-refractivity contribution in [2.75, 3.05) is 26.1 Å². The Morgan fingerprint density at radius 2 is 1.62 bits per heavy atom. The molecule has 140 valence electrons. The zero-order valence-corrected chi connectivity index (χ0v) is 16.3. The SMILES string of the molecule is COc1cc(C)c(NC(=O)COc2cc(C(C)C)ccc2C)cc1OC. The number of amides is 1. The largest absolute Gasteiger partial charge is 0.493 e. The fraction of sp³-hybridized carbons (Fsp3) is 0.381. The number of carbonyl (C=O) groups is 1. The molecule has 0 heterocycles. The minimum Gasteiger partial charge on any atom is -0.493 e. The molecule has 0 aliphatic rings. The summed E-state index contributed by atoms with van der Waals surface area (Å²) < 4.78 is 16.3. The lowest BCUT2D eigenvalue weighted by atomic mass is 10.0. The maximum absolute atomic E-state index is 12.3. The van der Waals surface area contributed by atoms with E-state index in [1.54, 1.807) is 20.3 Å². The molecule has 26 heavy (non-hydrogen) atoms. The van der Waals surface area contributed by atoms with Gasteiger partial charge in [0, 0.05) is 11.8 Å². The van der Waals surface area contributed by atoms with E-state index >= 15 is 0 Å². The summed E-state index contributed by atoms with van der Waals surface area (Å²) in [6.07, 6.45) is 0. The Morgan fingerprint density at radius 3 is 2.23 bits per heavy atom. The van der Waals surface area contributed by atoms with Crippen LogP contribution >= 0.6 is 0 Å². The molecule has 0 atom stereocenters. The van der Waals surface area contributed by atoms with Crippen LogP contribution in [-0.2, 0) is 4.79 Å². The van der Waals surface area contributed by atoms with Crippen molar-refractivity contribution in [1.29, 1.82) is 0 Å². The van der Waals surface area contributed by atoms with E-state index in [0.717, 1.165) is 16.9 Å². The topological polar surface area (TPSA) is 56.8 Å². The second-order valence-electron chi connectivity index (χ2n) is 6.54. The standard InChI is InChI=1S/C21H27NO4/c1-13(2)16-8-7-14(3)18(10-16)26-12-21(23)22-17-11-20(25-6)19(24-5)9-15(17)4/h7-11,13H,12H2,1-6H3,(H,22,23). The number of nitrogens with one attached hydrogen (secondary N) is 1. The van der Waals surface area contributed by atoms with Crippen molar-refractivity contribution in [3.63, 3.8) is 0 Å². The van der Waals surface area contributed by atoms with Gasteiger partial charge in [-0.15, -0.1) is 0 Å². The lowest BCUT2D eigenvalue weighted by Gasteiger charge is -2.15. The molecule has 0 aromatic heterocycles. The number of rotatable bonds is 7. The first kappa shape index (κ1) is 19.6. The van der Waals surface area contributed by atoms with Crippen LogP contribution in [0, 0.1) is 13.8 Å². The Hall–Kier alpha value is -2.69. The predicted octanol–water partition coefficient (Wildman–Crippen LogP) is 4.46. The third-order valence-electron chi connectivity index (χ3n) is 4.24. The average molecular weight is 357 g/mol. The Labute approximate surface area is 155 Å². The molecule has 0 aliphatic carbocycles. The minimum atomic E-state index is -0.227. The molecule has 0 saturated heterocycles. The van der Waals surface area contributed by atoms with Gasteiger partial charge in [-0.3, -0.25) is 4.79 Å². The number of hydrogen-bond acceptors (Lipinski definition) is 4. The molecule has 1 amide bonds. The van der Waals surface area contributed by atoms with E-state index in [4.69, 9.17) is 14.2 Å². The highest BCUT2D eigenvalue weighted by molar-refractivity contribution is 5.93. The second kappa shape index (κ2) is 8.61. The van der Waals surface area contributed by atoms with Gasteiger partial charge in [0.1, 0.15) is 5.75 Å². The lowest BCUT2D eigenvalue weighted by Crippen LogP contribution is -2.21. The fourth-order valence-electron chi connectivity index (χ4n) is 2.58. The van der Waals surface area contributed by atoms with E-state index in [0.29, 0.717) is 23.1 Å². The van der Waals surface area contributed by atoms with E-state index in [9.17, 15) is 4.79 Å². The van der Waals surface area contributed by atoms with Crippen molar-refractivity contribution < 1.29 is 19.0 Å². The van der Waals surface area contributed by atoms with E-state index < -0.39 is 0 Å². The third-order valence-corrected chi connectivity index (χ3v) is 4.24. The normalized spacial score (nSPS) is 10.6.